The molecule has 112 valence electrons. The summed E-state index contributed by atoms with van der Waals surface area (Å²) in [6.45, 7) is 4.96. The van der Waals surface area contributed by atoms with Gasteiger partial charge in [-0.05, 0) is 60.8 Å². The van der Waals surface area contributed by atoms with Gasteiger partial charge in [-0.1, -0.05) is 46.6 Å². The van der Waals surface area contributed by atoms with E-state index < -0.39 is 0 Å². The molecule has 4 heteroatoms. The van der Waals surface area contributed by atoms with Crippen LogP contribution in [-0.4, -0.2) is 6.54 Å². The summed E-state index contributed by atoms with van der Waals surface area (Å²) in [5.74, 6) is -0.253. The molecule has 1 nitrogen and oxygen atoms in total. The van der Waals surface area contributed by atoms with Crippen LogP contribution in [0, 0.1) is 12.7 Å². The molecule has 0 radical (unpaired) electrons. The molecule has 0 saturated heterocycles. The number of benzene rings is 2. The Kier molecular flexibility index (Phi) is 5.80. The average molecular weight is 371 g/mol. The highest BCUT2D eigenvalue weighted by molar-refractivity contribution is 9.10. The van der Waals surface area contributed by atoms with Crippen molar-refractivity contribution in [3.05, 3.63) is 68.4 Å². The van der Waals surface area contributed by atoms with Gasteiger partial charge < -0.3 is 5.32 Å². The fraction of sp³-hybridized carbons (Fsp3) is 0.294. The molecule has 0 fully saturated rings. The second-order valence-electron chi connectivity index (χ2n) is 5.06. The summed E-state index contributed by atoms with van der Waals surface area (Å²) in [6, 6.07) is 10.9. The molecule has 21 heavy (non-hydrogen) atoms. The van der Waals surface area contributed by atoms with Gasteiger partial charge in [0.2, 0.25) is 0 Å². The highest BCUT2D eigenvalue weighted by Gasteiger charge is 2.14. The Morgan fingerprint density at radius 1 is 1.24 bits per heavy atom. The zero-order chi connectivity index (χ0) is 15.4. The van der Waals surface area contributed by atoms with E-state index in [1.807, 2.05) is 6.07 Å². The molecule has 1 unspecified atom stereocenters. The number of aryl methyl sites for hydroxylation is 1. The van der Waals surface area contributed by atoms with Crippen LogP contribution >= 0.6 is 27.5 Å². The minimum Gasteiger partial charge on any atom is -0.310 e. The van der Waals surface area contributed by atoms with Crippen molar-refractivity contribution in [1.82, 2.24) is 5.32 Å². The molecule has 0 saturated carbocycles. The van der Waals surface area contributed by atoms with Crippen molar-refractivity contribution < 1.29 is 4.39 Å². The number of halogens is 3. The van der Waals surface area contributed by atoms with Gasteiger partial charge in [-0.3, -0.25) is 0 Å². The highest BCUT2D eigenvalue weighted by atomic mass is 79.9. The van der Waals surface area contributed by atoms with Crippen LogP contribution in [0.1, 0.15) is 29.7 Å². The number of nitrogens with one attached hydrogen (secondary N) is 1. The zero-order valence-electron chi connectivity index (χ0n) is 12.1. The summed E-state index contributed by atoms with van der Waals surface area (Å²) in [7, 11) is 0. The first-order valence-corrected chi connectivity index (χ1v) is 8.11. The first-order valence-electron chi connectivity index (χ1n) is 6.94. The van der Waals surface area contributed by atoms with Crippen LogP contribution in [-0.2, 0) is 6.42 Å². The fourth-order valence-corrected chi connectivity index (χ4v) is 2.80. The van der Waals surface area contributed by atoms with Gasteiger partial charge in [-0.2, -0.15) is 0 Å². The maximum atomic E-state index is 13.4. The molecule has 0 amide bonds. The predicted octanol–water partition coefficient (Wildman–Crippen LogP) is 5.44. The smallest absolute Gasteiger partial charge is 0.123 e. The molecule has 1 atom stereocenters. The molecule has 2 aromatic carbocycles. The topological polar surface area (TPSA) is 12.0 Å². The maximum Gasteiger partial charge on any atom is 0.123 e. The second-order valence-corrected chi connectivity index (χ2v) is 6.32. The molecule has 0 heterocycles. The lowest BCUT2D eigenvalue weighted by molar-refractivity contribution is 0.546. The van der Waals surface area contributed by atoms with Crippen LogP contribution in [0.4, 0.5) is 4.39 Å². The lowest BCUT2D eigenvalue weighted by Gasteiger charge is -2.20. The Morgan fingerprint density at radius 2 is 2.00 bits per heavy atom. The zero-order valence-corrected chi connectivity index (χ0v) is 14.4. The minimum atomic E-state index is -0.253. The van der Waals surface area contributed by atoms with Crippen LogP contribution in [0.3, 0.4) is 0 Å². The third-order valence-electron chi connectivity index (χ3n) is 3.47. The van der Waals surface area contributed by atoms with Crippen molar-refractivity contribution in [3.63, 3.8) is 0 Å². The second kappa shape index (κ2) is 7.39. The summed E-state index contributed by atoms with van der Waals surface area (Å²) in [6.07, 6.45) is 0.658. The van der Waals surface area contributed by atoms with E-state index in [-0.39, 0.29) is 11.9 Å². The Balaban J connectivity index is 2.30. The molecule has 0 aliphatic heterocycles. The highest BCUT2D eigenvalue weighted by Crippen LogP contribution is 2.27. The van der Waals surface area contributed by atoms with E-state index in [2.05, 4.69) is 47.2 Å². The number of hydrogen-bond acceptors (Lipinski definition) is 1. The van der Waals surface area contributed by atoms with E-state index in [9.17, 15) is 4.39 Å². The predicted molar refractivity (Wildman–Crippen MR) is 90.4 cm³/mol. The average Bonchev–Trinajstić information content (AvgIpc) is 2.45. The van der Waals surface area contributed by atoms with Crippen LogP contribution in [0.2, 0.25) is 5.02 Å². The quantitative estimate of drug-likeness (QED) is 0.738. The summed E-state index contributed by atoms with van der Waals surface area (Å²) in [5.41, 5.74) is 3.18. The largest absolute Gasteiger partial charge is 0.310 e. The van der Waals surface area contributed by atoms with Gasteiger partial charge in [0.05, 0.1) is 0 Å². The van der Waals surface area contributed by atoms with E-state index in [0.717, 1.165) is 16.6 Å². The van der Waals surface area contributed by atoms with Gasteiger partial charge in [0.25, 0.3) is 0 Å². The van der Waals surface area contributed by atoms with Gasteiger partial charge in [0, 0.05) is 15.5 Å². The summed E-state index contributed by atoms with van der Waals surface area (Å²) in [5, 5.41) is 4.05. The van der Waals surface area contributed by atoms with Crippen LogP contribution in [0.15, 0.2) is 40.9 Å². The summed E-state index contributed by atoms with van der Waals surface area (Å²) < 4.78 is 14.5. The van der Waals surface area contributed by atoms with E-state index in [1.165, 1.54) is 23.3 Å². The molecule has 0 aromatic heterocycles. The van der Waals surface area contributed by atoms with E-state index >= 15 is 0 Å². The Hall–Kier alpha value is -0.900. The third-order valence-corrected chi connectivity index (χ3v) is 4.73. The van der Waals surface area contributed by atoms with E-state index in [0.29, 0.717) is 11.4 Å². The van der Waals surface area contributed by atoms with Crippen molar-refractivity contribution in [1.29, 1.82) is 0 Å². The van der Waals surface area contributed by atoms with Crippen molar-refractivity contribution >= 4 is 27.5 Å². The monoisotopic (exact) mass is 369 g/mol. The minimum absolute atomic E-state index is 0.112. The lowest BCUT2D eigenvalue weighted by Crippen LogP contribution is -2.23. The molecular weight excluding hydrogens is 353 g/mol. The molecule has 1 N–H and O–H groups in total. The van der Waals surface area contributed by atoms with Crippen LogP contribution in [0.25, 0.3) is 0 Å². The van der Waals surface area contributed by atoms with Crippen LogP contribution in [0.5, 0.6) is 0 Å². The molecule has 2 aromatic rings. The Labute approximate surface area is 138 Å². The fourth-order valence-electron chi connectivity index (χ4n) is 2.36. The third kappa shape index (κ3) is 4.29. The van der Waals surface area contributed by atoms with Crippen LogP contribution < -0.4 is 5.32 Å². The SMILES string of the molecule is CCNC(Cc1cc(F)ccc1Cl)c1ccc(Br)c(C)c1. The first-order chi connectivity index (χ1) is 10.0. The molecule has 0 aliphatic carbocycles. The van der Waals surface area contributed by atoms with Crippen molar-refractivity contribution in [2.24, 2.45) is 0 Å². The number of hydrogen-bond donors (Lipinski definition) is 1. The molecule has 0 spiro atoms. The van der Waals surface area contributed by atoms with Crippen molar-refractivity contribution in [3.8, 4) is 0 Å². The van der Waals surface area contributed by atoms with Gasteiger partial charge in [-0.15, -0.1) is 0 Å². The van der Waals surface area contributed by atoms with E-state index in [1.54, 1.807) is 6.07 Å². The Morgan fingerprint density at radius 3 is 2.67 bits per heavy atom. The standard InChI is InChI=1S/C17H18BrClFN/c1-3-21-17(12-4-6-15(18)11(2)8-12)10-13-9-14(20)5-7-16(13)19/h4-9,17,21H,3,10H2,1-2H3. The lowest BCUT2D eigenvalue weighted by atomic mass is 9.97. The van der Waals surface area contributed by atoms with Gasteiger partial charge >= 0.3 is 0 Å². The van der Waals surface area contributed by atoms with Crippen molar-refractivity contribution in [2.45, 2.75) is 26.3 Å². The normalized spacial score (nSPS) is 12.4. The van der Waals surface area contributed by atoms with Gasteiger partial charge in [0.15, 0.2) is 0 Å². The molecule has 0 aliphatic rings. The maximum absolute atomic E-state index is 13.4. The van der Waals surface area contributed by atoms with Gasteiger partial charge in [0.1, 0.15) is 5.82 Å². The van der Waals surface area contributed by atoms with Gasteiger partial charge in [-0.25, -0.2) is 4.39 Å². The first kappa shape index (κ1) is 16.5. The number of likely N-dealkylation sites (N-methyl/N-ethyl adjacent to an activating group) is 1. The summed E-state index contributed by atoms with van der Waals surface area (Å²) >= 11 is 9.70. The van der Waals surface area contributed by atoms with E-state index in [4.69, 9.17) is 11.6 Å². The Bertz CT molecular complexity index is 630. The van der Waals surface area contributed by atoms with Crippen molar-refractivity contribution in [2.75, 3.05) is 6.54 Å². The summed E-state index contributed by atoms with van der Waals surface area (Å²) in [4.78, 5) is 0. The molecule has 0 bridgehead atoms. The molecule has 2 rings (SSSR count). The molecular formula is C17H18BrClFN. The number of rotatable bonds is 5.